The molecule has 1 aromatic rings. The van der Waals surface area contributed by atoms with Crippen LogP contribution in [0.5, 0.6) is 0 Å². The Morgan fingerprint density at radius 1 is 1.40 bits per heavy atom. The third-order valence-electron chi connectivity index (χ3n) is 2.46. The van der Waals surface area contributed by atoms with Crippen LogP contribution in [0.2, 0.25) is 0 Å². The van der Waals surface area contributed by atoms with Crippen LogP contribution in [0.3, 0.4) is 0 Å². The van der Waals surface area contributed by atoms with Crippen molar-refractivity contribution in [1.29, 1.82) is 0 Å². The lowest BCUT2D eigenvalue weighted by atomic mass is 10.1. The lowest BCUT2D eigenvalue weighted by Crippen LogP contribution is -2.47. The predicted octanol–water partition coefficient (Wildman–Crippen LogP) is 2.49. The minimum Gasteiger partial charge on any atom is -0.357 e. The van der Waals surface area contributed by atoms with Crippen molar-refractivity contribution >= 4 is 29.9 Å². The van der Waals surface area contributed by atoms with Crippen LogP contribution in [0, 0.1) is 5.92 Å². The van der Waals surface area contributed by atoms with E-state index in [0.717, 1.165) is 25.6 Å². The maximum atomic E-state index is 4.63. The summed E-state index contributed by atoms with van der Waals surface area (Å²) >= 11 is 0. The van der Waals surface area contributed by atoms with Gasteiger partial charge in [-0.15, -0.1) is 24.0 Å². The Hall–Kier alpha value is -0.790. The van der Waals surface area contributed by atoms with Crippen LogP contribution in [0.4, 0.5) is 0 Å². The normalized spacial score (nSPS) is 13.6. The van der Waals surface area contributed by atoms with Gasteiger partial charge in [0.25, 0.3) is 0 Å². The van der Waals surface area contributed by atoms with Crippen molar-refractivity contribution in [2.24, 2.45) is 10.9 Å². The minimum absolute atomic E-state index is 0. The van der Waals surface area contributed by atoms with E-state index in [4.69, 9.17) is 0 Å². The van der Waals surface area contributed by atoms with E-state index in [1.807, 2.05) is 16.9 Å². The number of hydrogen-bond acceptors (Lipinski definition) is 2. The van der Waals surface area contributed by atoms with Crippen LogP contribution in [0.25, 0.3) is 0 Å². The van der Waals surface area contributed by atoms with E-state index >= 15 is 0 Å². The second kappa shape index (κ2) is 9.20. The van der Waals surface area contributed by atoms with Crippen molar-refractivity contribution in [3.63, 3.8) is 0 Å². The molecule has 1 unspecified atom stereocenters. The first-order chi connectivity index (χ1) is 8.90. The van der Waals surface area contributed by atoms with Crippen molar-refractivity contribution in [2.45, 2.75) is 46.7 Å². The van der Waals surface area contributed by atoms with Gasteiger partial charge in [-0.3, -0.25) is 9.67 Å². The number of nitrogens with zero attached hydrogens (tertiary/aromatic N) is 3. The number of guanidine groups is 1. The zero-order valence-electron chi connectivity index (χ0n) is 13.2. The van der Waals surface area contributed by atoms with Gasteiger partial charge in [-0.1, -0.05) is 6.92 Å². The number of aromatic nitrogens is 2. The Labute approximate surface area is 139 Å². The third kappa shape index (κ3) is 8.39. The highest BCUT2D eigenvalue weighted by atomic mass is 127. The van der Waals surface area contributed by atoms with E-state index in [1.165, 1.54) is 0 Å². The molecule has 1 rings (SSSR count). The Balaban J connectivity index is 0.00000361. The van der Waals surface area contributed by atoms with Crippen LogP contribution < -0.4 is 10.6 Å². The molecule has 1 heterocycles. The van der Waals surface area contributed by atoms with Gasteiger partial charge in [0.05, 0.1) is 0 Å². The second-order valence-electron chi connectivity index (χ2n) is 5.93. The first kappa shape index (κ1) is 19.2. The average Bonchev–Trinajstić information content (AvgIpc) is 2.77. The molecule has 20 heavy (non-hydrogen) atoms. The molecule has 0 aliphatic rings. The summed E-state index contributed by atoms with van der Waals surface area (Å²) in [7, 11) is 0. The molecule has 0 amide bonds. The number of rotatable bonds is 5. The molecule has 2 N–H and O–H groups in total. The number of aliphatic imine (C=N–C) groups is 1. The SMILES string of the molecule is CCNC(=NCC(C)Cn1cccn1)NC(C)(C)C.I. The van der Waals surface area contributed by atoms with E-state index in [9.17, 15) is 0 Å². The quantitative estimate of drug-likeness (QED) is 0.459. The maximum absolute atomic E-state index is 4.63. The number of hydrogen-bond donors (Lipinski definition) is 2. The van der Waals surface area contributed by atoms with E-state index in [-0.39, 0.29) is 29.5 Å². The maximum Gasteiger partial charge on any atom is 0.191 e. The van der Waals surface area contributed by atoms with Gasteiger partial charge in [0.15, 0.2) is 5.96 Å². The fourth-order valence-corrected chi connectivity index (χ4v) is 1.69. The van der Waals surface area contributed by atoms with E-state index in [1.54, 1.807) is 6.20 Å². The first-order valence-electron chi connectivity index (χ1n) is 6.94. The zero-order chi connectivity index (χ0) is 14.3. The fourth-order valence-electron chi connectivity index (χ4n) is 1.69. The molecule has 5 nitrogen and oxygen atoms in total. The van der Waals surface area contributed by atoms with Crippen LogP contribution in [0.1, 0.15) is 34.6 Å². The topological polar surface area (TPSA) is 54.2 Å². The van der Waals surface area contributed by atoms with Crippen molar-refractivity contribution in [2.75, 3.05) is 13.1 Å². The third-order valence-corrected chi connectivity index (χ3v) is 2.46. The summed E-state index contributed by atoms with van der Waals surface area (Å²) in [5.74, 6) is 1.33. The Bertz CT molecular complexity index is 381. The molecule has 116 valence electrons. The molecule has 6 heteroatoms. The average molecular weight is 393 g/mol. The van der Waals surface area contributed by atoms with Gasteiger partial charge < -0.3 is 10.6 Å². The van der Waals surface area contributed by atoms with Crippen molar-refractivity contribution in [3.05, 3.63) is 18.5 Å². The Morgan fingerprint density at radius 3 is 2.60 bits per heavy atom. The van der Waals surface area contributed by atoms with Gasteiger partial charge >= 0.3 is 0 Å². The van der Waals surface area contributed by atoms with Crippen LogP contribution in [-0.2, 0) is 6.54 Å². The molecule has 0 fully saturated rings. The van der Waals surface area contributed by atoms with Gasteiger partial charge in [-0.25, -0.2) is 0 Å². The first-order valence-corrected chi connectivity index (χ1v) is 6.94. The molecule has 0 aromatic carbocycles. The summed E-state index contributed by atoms with van der Waals surface area (Å²) in [6, 6.07) is 1.95. The number of nitrogens with one attached hydrogen (secondary N) is 2. The second-order valence-corrected chi connectivity index (χ2v) is 5.93. The highest BCUT2D eigenvalue weighted by Gasteiger charge is 2.12. The molecule has 1 atom stereocenters. The number of halogens is 1. The van der Waals surface area contributed by atoms with Gasteiger partial charge in [-0.2, -0.15) is 5.10 Å². The molecule has 0 bridgehead atoms. The monoisotopic (exact) mass is 393 g/mol. The van der Waals surface area contributed by atoms with Crippen molar-refractivity contribution in [1.82, 2.24) is 20.4 Å². The molecule has 0 aliphatic heterocycles. The van der Waals surface area contributed by atoms with Crippen LogP contribution >= 0.6 is 24.0 Å². The van der Waals surface area contributed by atoms with Crippen molar-refractivity contribution < 1.29 is 0 Å². The van der Waals surface area contributed by atoms with E-state index in [0.29, 0.717) is 5.92 Å². The molecule has 0 saturated carbocycles. The van der Waals surface area contributed by atoms with E-state index in [2.05, 4.69) is 55.3 Å². The lowest BCUT2D eigenvalue weighted by molar-refractivity contribution is 0.454. The Morgan fingerprint density at radius 2 is 2.10 bits per heavy atom. The standard InChI is InChI=1S/C14H27N5.HI/c1-6-15-13(18-14(3,4)5)16-10-12(2)11-19-9-7-8-17-19;/h7-9,12H,6,10-11H2,1-5H3,(H2,15,16,18);1H. The van der Waals surface area contributed by atoms with Crippen molar-refractivity contribution in [3.8, 4) is 0 Å². The summed E-state index contributed by atoms with van der Waals surface area (Å²) in [5, 5.41) is 10.9. The van der Waals surface area contributed by atoms with Crippen LogP contribution in [-0.4, -0.2) is 34.4 Å². The molecule has 0 spiro atoms. The van der Waals surface area contributed by atoms with Crippen LogP contribution in [0.15, 0.2) is 23.5 Å². The summed E-state index contributed by atoms with van der Waals surface area (Å²) < 4.78 is 1.95. The molecule has 0 aliphatic carbocycles. The van der Waals surface area contributed by atoms with Gasteiger partial charge in [0.2, 0.25) is 0 Å². The largest absolute Gasteiger partial charge is 0.357 e. The smallest absolute Gasteiger partial charge is 0.191 e. The summed E-state index contributed by atoms with van der Waals surface area (Å²) in [4.78, 5) is 4.63. The summed E-state index contributed by atoms with van der Waals surface area (Å²) in [5.41, 5.74) is 0.0201. The molecule has 1 aromatic heterocycles. The summed E-state index contributed by atoms with van der Waals surface area (Å²) in [6.07, 6.45) is 3.79. The Kier molecular flexibility index (Phi) is 8.84. The molecule has 0 saturated heterocycles. The minimum atomic E-state index is 0. The molecular formula is C14H28IN5. The fraction of sp³-hybridized carbons (Fsp3) is 0.714. The van der Waals surface area contributed by atoms with Gasteiger partial charge in [0.1, 0.15) is 0 Å². The molecule has 0 radical (unpaired) electrons. The predicted molar refractivity (Wildman–Crippen MR) is 95.7 cm³/mol. The summed E-state index contributed by atoms with van der Waals surface area (Å²) in [6.45, 7) is 13.2. The molecular weight excluding hydrogens is 365 g/mol. The van der Waals surface area contributed by atoms with E-state index < -0.39 is 0 Å². The van der Waals surface area contributed by atoms with Gasteiger partial charge in [0, 0.05) is 37.6 Å². The highest BCUT2D eigenvalue weighted by Crippen LogP contribution is 2.02. The highest BCUT2D eigenvalue weighted by molar-refractivity contribution is 14.0. The zero-order valence-corrected chi connectivity index (χ0v) is 15.5. The van der Waals surface area contributed by atoms with Gasteiger partial charge in [-0.05, 0) is 39.7 Å². The lowest BCUT2D eigenvalue weighted by Gasteiger charge is -2.24.